The van der Waals surface area contributed by atoms with E-state index in [0.29, 0.717) is 12.8 Å². The van der Waals surface area contributed by atoms with Crippen molar-refractivity contribution in [2.24, 2.45) is 0 Å². The summed E-state index contributed by atoms with van der Waals surface area (Å²) in [5.41, 5.74) is 2.97. The maximum absolute atomic E-state index is 9.12. The van der Waals surface area contributed by atoms with Crippen LogP contribution in [0.2, 0.25) is 0 Å². The van der Waals surface area contributed by atoms with Crippen LogP contribution >= 0.6 is 0 Å². The van der Waals surface area contributed by atoms with Crippen molar-refractivity contribution in [2.75, 3.05) is 25.1 Å². The van der Waals surface area contributed by atoms with E-state index in [2.05, 4.69) is 20.4 Å². The Morgan fingerprint density at radius 1 is 1.24 bits per heavy atom. The zero-order chi connectivity index (χ0) is 14.7. The highest BCUT2D eigenvalue weighted by atomic mass is 16.3. The minimum absolute atomic E-state index is 0.00163. The molecule has 2 aromatic rings. The van der Waals surface area contributed by atoms with E-state index < -0.39 is 0 Å². The molecule has 0 bridgehead atoms. The molecule has 1 aliphatic rings. The SMILES string of the molecule is OCCC(CCO)n1cc(-c2ncnc3c2CCN3)cn1. The Bertz CT molecular complexity index is 607. The molecule has 0 saturated carbocycles. The van der Waals surface area contributed by atoms with Crippen molar-refractivity contribution in [3.63, 3.8) is 0 Å². The third kappa shape index (κ3) is 2.74. The Balaban J connectivity index is 1.90. The summed E-state index contributed by atoms with van der Waals surface area (Å²) in [5, 5.41) is 25.9. The second-order valence-electron chi connectivity index (χ2n) is 5.11. The van der Waals surface area contributed by atoms with Gasteiger partial charge in [0.15, 0.2) is 0 Å². The lowest BCUT2D eigenvalue weighted by molar-refractivity contribution is 0.210. The van der Waals surface area contributed by atoms with E-state index in [-0.39, 0.29) is 19.3 Å². The van der Waals surface area contributed by atoms with Crippen LogP contribution in [0.1, 0.15) is 24.4 Å². The van der Waals surface area contributed by atoms with Crippen LogP contribution in [0.4, 0.5) is 5.82 Å². The molecular formula is C14H19N5O2. The van der Waals surface area contributed by atoms with Crippen molar-refractivity contribution >= 4 is 5.82 Å². The van der Waals surface area contributed by atoms with Crippen molar-refractivity contribution in [2.45, 2.75) is 25.3 Å². The van der Waals surface area contributed by atoms with Gasteiger partial charge in [0, 0.05) is 37.1 Å². The third-order valence-electron chi connectivity index (χ3n) is 3.79. The Kier molecular flexibility index (Phi) is 4.12. The first kappa shape index (κ1) is 14.0. The topological polar surface area (TPSA) is 96.1 Å². The first-order valence-electron chi connectivity index (χ1n) is 7.17. The van der Waals surface area contributed by atoms with Gasteiger partial charge in [-0.05, 0) is 19.3 Å². The fourth-order valence-electron chi connectivity index (χ4n) is 2.72. The van der Waals surface area contributed by atoms with Crippen molar-refractivity contribution in [3.8, 4) is 11.3 Å². The second kappa shape index (κ2) is 6.19. The molecule has 21 heavy (non-hydrogen) atoms. The number of anilines is 1. The minimum atomic E-state index is 0.00163. The summed E-state index contributed by atoms with van der Waals surface area (Å²) in [7, 11) is 0. The molecule has 0 fully saturated rings. The van der Waals surface area contributed by atoms with Crippen molar-refractivity contribution < 1.29 is 10.2 Å². The first-order chi connectivity index (χ1) is 10.3. The van der Waals surface area contributed by atoms with Crippen LogP contribution in [-0.4, -0.2) is 49.7 Å². The van der Waals surface area contributed by atoms with Crippen LogP contribution in [0.25, 0.3) is 11.3 Å². The van der Waals surface area contributed by atoms with E-state index in [4.69, 9.17) is 10.2 Å². The molecule has 0 aromatic carbocycles. The summed E-state index contributed by atoms with van der Waals surface area (Å²) in [6.07, 6.45) is 7.33. The molecule has 3 N–H and O–H groups in total. The zero-order valence-corrected chi connectivity index (χ0v) is 11.7. The molecule has 0 aliphatic carbocycles. The Hall–Kier alpha value is -1.99. The van der Waals surface area contributed by atoms with Gasteiger partial charge in [-0.3, -0.25) is 4.68 Å². The lowest BCUT2D eigenvalue weighted by atomic mass is 10.1. The predicted octanol–water partition coefficient (Wildman–Crippen LogP) is 0.614. The molecule has 112 valence electrons. The quantitative estimate of drug-likeness (QED) is 0.721. The zero-order valence-electron chi connectivity index (χ0n) is 11.7. The summed E-state index contributed by atoms with van der Waals surface area (Å²) in [5.74, 6) is 0.898. The maximum Gasteiger partial charge on any atom is 0.133 e. The van der Waals surface area contributed by atoms with Gasteiger partial charge in [0.05, 0.1) is 17.9 Å². The molecule has 1 aliphatic heterocycles. The predicted molar refractivity (Wildman–Crippen MR) is 77.9 cm³/mol. The first-order valence-corrected chi connectivity index (χ1v) is 7.17. The van der Waals surface area contributed by atoms with Crippen molar-refractivity contribution in [1.29, 1.82) is 0 Å². The molecule has 0 radical (unpaired) electrons. The van der Waals surface area contributed by atoms with Crippen LogP contribution in [0.15, 0.2) is 18.7 Å². The van der Waals surface area contributed by atoms with Gasteiger partial charge in [-0.1, -0.05) is 0 Å². The van der Waals surface area contributed by atoms with Gasteiger partial charge in [-0.15, -0.1) is 0 Å². The molecule has 0 amide bonds. The number of hydrogen-bond acceptors (Lipinski definition) is 6. The molecule has 3 rings (SSSR count). The lowest BCUT2D eigenvalue weighted by Crippen LogP contribution is -2.13. The van der Waals surface area contributed by atoms with Gasteiger partial charge in [0.2, 0.25) is 0 Å². The highest BCUT2D eigenvalue weighted by Gasteiger charge is 2.19. The molecular weight excluding hydrogens is 270 g/mol. The second-order valence-corrected chi connectivity index (χ2v) is 5.11. The van der Waals surface area contributed by atoms with Gasteiger partial charge < -0.3 is 15.5 Å². The van der Waals surface area contributed by atoms with Gasteiger partial charge in [0.25, 0.3) is 0 Å². The molecule has 2 aromatic heterocycles. The van der Waals surface area contributed by atoms with Gasteiger partial charge in [-0.2, -0.15) is 5.10 Å². The number of hydrogen-bond donors (Lipinski definition) is 3. The lowest BCUT2D eigenvalue weighted by Gasteiger charge is -2.14. The highest BCUT2D eigenvalue weighted by molar-refractivity contribution is 5.69. The molecule has 0 unspecified atom stereocenters. The number of rotatable bonds is 6. The Morgan fingerprint density at radius 3 is 2.81 bits per heavy atom. The highest BCUT2D eigenvalue weighted by Crippen LogP contribution is 2.29. The summed E-state index contributed by atoms with van der Waals surface area (Å²) < 4.78 is 1.80. The summed E-state index contributed by atoms with van der Waals surface area (Å²) >= 11 is 0. The van der Waals surface area contributed by atoms with Crippen LogP contribution in [0.5, 0.6) is 0 Å². The third-order valence-corrected chi connectivity index (χ3v) is 3.79. The average molecular weight is 289 g/mol. The minimum Gasteiger partial charge on any atom is -0.396 e. The normalized spacial score (nSPS) is 13.5. The van der Waals surface area contributed by atoms with E-state index in [1.807, 2.05) is 6.20 Å². The van der Waals surface area contributed by atoms with E-state index >= 15 is 0 Å². The molecule has 7 nitrogen and oxygen atoms in total. The number of nitrogens with one attached hydrogen (secondary N) is 1. The average Bonchev–Trinajstić information content (AvgIpc) is 3.15. The van der Waals surface area contributed by atoms with Crippen LogP contribution in [0, 0.1) is 0 Å². The number of fused-ring (bicyclic) bond motifs is 1. The summed E-state index contributed by atoms with van der Waals surface area (Å²) in [4.78, 5) is 8.61. The van der Waals surface area contributed by atoms with Crippen LogP contribution < -0.4 is 5.32 Å². The molecule has 0 saturated heterocycles. The fourth-order valence-corrected chi connectivity index (χ4v) is 2.72. The standard InChI is InChI=1S/C14H19N5O2/c20-5-2-11(3-6-21)19-8-10(7-18-19)13-12-1-4-15-14(12)17-9-16-13/h7-9,11,20-21H,1-6H2,(H,15,16,17). The van der Waals surface area contributed by atoms with Gasteiger partial charge in [-0.25, -0.2) is 9.97 Å². The number of aliphatic hydroxyl groups is 2. The fraction of sp³-hybridized carbons (Fsp3) is 0.500. The van der Waals surface area contributed by atoms with Crippen LogP contribution in [0.3, 0.4) is 0 Å². The number of nitrogens with zero attached hydrogens (tertiary/aromatic N) is 4. The van der Waals surface area contributed by atoms with Gasteiger partial charge >= 0.3 is 0 Å². The van der Waals surface area contributed by atoms with Crippen LogP contribution in [-0.2, 0) is 6.42 Å². The molecule has 3 heterocycles. The molecule has 7 heteroatoms. The van der Waals surface area contributed by atoms with Crippen molar-refractivity contribution in [1.82, 2.24) is 19.7 Å². The van der Waals surface area contributed by atoms with E-state index in [1.54, 1.807) is 17.2 Å². The number of aliphatic hydroxyl groups excluding tert-OH is 2. The van der Waals surface area contributed by atoms with E-state index in [1.165, 1.54) is 0 Å². The van der Waals surface area contributed by atoms with Gasteiger partial charge in [0.1, 0.15) is 12.1 Å². The summed E-state index contributed by atoms with van der Waals surface area (Å²) in [6.45, 7) is 1.03. The molecule has 0 atom stereocenters. The summed E-state index contributed by atoms with van der Waals surface area (Å²) in [6, 6.07) is 0.00163. The Morgan fingerprint density at radius 2 is 2.05 bits per heavy atom. The monoisotopic (exact) mass is 289 g/mol. The van der Waals surface area contributed by atoms with E-state index in [9.17, 15) is 0 Å². The Labute approximate surface area is 122 Å². The smallest absolute Gasteiger partial charge is 0.133 e. The number of aromatic nitrogens is 4. The molecule has 0 spiro atoms. The maximum atomic E-state index is 9.12. The van der Waals surface area contributed by atoms with Crippen molar-refractivity contribution in [3.05, 3.63) is 24.3 Å². The van der Waals surface area contributed by atoms with E-state index in [0.717, 1.165) is 35.6 Å². The largest absolute Gasteiger partial charge is 0.396 e.